The Labute approximate surface area is 200 Å². The van der Waals surface area contributed by atoms with Crippen LogP contribution in [0.1, 0.15) is 41.0 Å². The Morgan fingerprint density at radius 2 is 1.91 bits per heavy atom. The highest BCUT2D eigenvalue weighted by molar-refractivity contribution is 6.30. The van der Waals surface area contributed by atoms with E-state index in [-0.39, 0.29) is 33.4 Å². The van der Waals surface area contributed by atoms with E-state index in [2.05, 4.69) is 10.3 Å². The standard InChI is InChI=1S/C22H19ClF5N3O4/c1-11-18(20(32)30-16(21(33)34)6-3-7-22(26,27)28)31-9-12(23)8-17(19(31)29-11)35-10-13-14(24)4-2-5-15(13)25/h2,4-5,8-9,16H,3,6-7,10H2,1H3,(H,30,32)(H,33,34)/t16-/m0/s1. The van der Waals surface area contributed by atoms with Gasteiger partial charge in [-0.1, -0.05) is 17.7 Å². The molecule has 0 bridgehead atoms. The van der Waals surface area contributed by atoms with Crippen molar-refractivity contribution in [1.29, 1.82) is 0 Å². The van der Waals surface area contributed by atoms with Crippen molar-refractivity contribution in [1.82, 2.24) is 14.7 Å². The van der Waals surface area contributed by atoms with Gasteiger partial charge in [0.15, 0.2) is 11.4 Å². The van der Waals surface area contributed by atoms with Gasteiger partial charge in [0.1, 0.15) is 30.0 Å². The van der Waals surface area contributed by atoms with Gasteiger partial charge in [0.25, 0.3) is 5.91 Å². The zero-order valence-electron chi connectivity index (χ0n) is 18.1. The molecule has 2 heterocycles. The number of pyridine rings is 1. The molecule has 0 fully saturated rings. The summed E-state index contributed by atoms with van der Waals surface area (Å²) in [5.41, 5.74) is -0.287. The third-order valence-corrected chi connectivity index (χ3v) is 5.24. The van der Waals surface area contributed by atoms with Gasteiger partial charge in [-0.25, -0.2) is 18.6 Å². The van der Waals surface area contributed by atoms with Gasteiger partial charge in [-0.3, -0.25) is 9.20 Å². The fourth-order valence-corrected chi connectivity index (χ4v) is 3.58. The van der Waals surface area contributed by atoms with Crippen LogP contribution in [0.5, 0.6) is 5.75 Å². The fraction of sp³-hybridized carbons (Fsp3) is 0.318. The van der Waals surface area contributed by atoms with Crippen LogP contribution < -0.4 is 10.1 Å². The molecule has 1 atom stereocenters. The fourth-order valence-electron chi connectivity index (χ4n) is 3.39. The Bertz CT molecular complexity index is 1240. The monoisotopic (exact) mass is 519 g/mol. The van der Waals surface area contributed by atoms with Crippen LogP contribution in [0.3, 0.4) is 0 Å². The number of carboxylic acids is 1. The average molecular weight is 520 g/mol. The number of imidazole rings is 1. The van der Waals surface area contributed by atoms with Crippen molar-refractivity contribution in [2.75, 3.05) is 0 Å². The molecule has 3 rings (SSSR count). The first-order valence-corrected chi connectivity index (χ1v) is 10.6. The molecule has 0 saturated carbocycles. The number of benzene rings is 1. The summed E-state index contributed by atoms with van der Waals surface area (Å²) in [6.07, 6.45) is -5.30. The molecule has 1 amide bonds. The number of carbonyl (C=O) groups excluding carboxylic acids is 1. The molecule has 2 N–H and O–H groups in total. The summed E-state index contributed by atoms with van der Waals surface area (Å²) >= 11 is 6.11. The molecule has 1 aromatic carbocycles. The minimum absolute atomic E-state index is 0.0118. The van der Waals surface area contributed by atoms with Gasteiger partial charge in [-0.15, -0.1) is 0 Å². The lowest BCUT2D eigenvalue weighted by Gasteiger charge is -2.15. The summed E-state index contributed by atoms with van der Waals surface area (Å²) in [5, 5.41) is 11.6. The van der Waals surface area contributed by atoms with Crippen LogP contribution in [0.4, 0.5) is 22.0 Å². The average Bonchev–Trinajstić information content (AvgIpc) is 3.07. The van der Waals surface area contributed by atoms with E-state index in [1.165, 1.54) is 29.7 Å². The lowest BCUT2D eigenvalue weighted by molar-refractivity contribution is -0.142. The number of hydrogen-bond donors (Lipinski definition) is 2. The van der Waals surface area contributed by atoms with Gasteiger partial charge in [0.05, 0.1) is 16.3 Å². The van der Waals surface area contributed by atoms with E-state index >= 15 is 0 Å². The predicted molar refractivity (Wildman–Crippen MR) is 114 cm³/mol. The van der Waals surface area contributed by atoms with E-state index in [0.717, 1.165) is 12.1 Å². The van der Waals surface area contributed by atoms with E-state index in [4.69, 9.17) is 16.3 Å². The summed E-state index contributed by atoms with van der Waals surface area (Å²) in [5.74, 6) is -4.08. The number of nitrogens with zero attached hydrogens (tertiary/aromatic N) is 2. The molecule has 0 aliphatic rings. The van der Waals surface area contributed by atoms with Crippen molar-refractivity contribution in [2.45, 2.75) is 45.0 Å². The van der Waals surface area contributed by atoms with Crippen molar-refractivity contribution in [2.24, 2.45) is 0 Å². The molecule has 0 spiro atoms. The number of aromatic nitrogens is 2. The van der Waals surface area contributed by atoms with Crippen molar-refractivity contribution >= 4 is 29.1 Å². The van der Waals surface area contributed by atoms with Gasteiger partial charge in [-0.2, -0.15) is 13.2 Å². The van der Waals surface area contributed by atoms with E-state index in [1.54, 1.807) is 0 Å². The zero-order chi connectivity index (χ0) is 25.9. The van der Waals surface area contributed by atoms with Gasteiger partial charge < -0.3 is 15.2 Å². The van der Waals surface area contributed by atoms with Crippen LogP contribution >= 0.6 is 11.6 Å². The number of aliphatic carboxylic acids is 1. The summed E-state index contributed by atoms with van der Waals surface area (Å²) in [6, 6.07) is 3.06. The van der Waals surface area contributed by atoms with Crippen LogP contribution in [-0.2, 0) is 11.4 Å². The van der Waals surface area contributed by atoms with Crippen LogP contribution in [-0.4, -0.2) is 38.6 Å². The first-order chi connectivity index (χ1) is 16.4. The number of aryl methyl sites for hydroxylation is 1. The van der Waals surface area contributed by atoms with Gasteiger partial charge in [0, 0.05) is 18.7 Å². The lowest BCUT2D eigenvalue weighted by atomic mass is 10.1. The Balaban J connectivity index is 1.86. The molecule has 35 heavy (non-hydrogen) atoms. The molecule has 7 nitrogen and oxygen atoms in total. The molecule has 0 unspecified atom stereocenters. The number of ether oxygens (including phenoxy) is 1. The minimum Gasteiger partial charge on any atom is -0.485 e. The Kier molecular flexibility index (Phi) is 7.83. The maximum Gasteiger partial charge on any atom is 0.389 e. The van der Waals surface area contributed by atoms with E-state index in [1.807, 2.05) is 0 Å². The Morgan fingerprint density at radius 1 is 1.26 bits per heavy atom. The third-order valence-electron chi connectivity index (χ3n) is 5.03. The van der Waals surface area contributed by atoms with Crippen LogP contribution in [0.2, 0.25) is 5.02 Å². The first kappa shape index (κ1) is 26.2. The van der Waals surface area contributed by atoms with Gasteiger partial charge >= 0.3 is 12.1 Å². The molecule has 2 aromatic heterocycles. The molecule has 13 heteroatoms. The quantitative estimate of drug-likeness (QED) is 0.385. The molecular formula is C22H19ClF5N3O4. The molecule has 188 valence electrons. The van der Waals surface area contributed by atoms with Crippen molar-refractivity contribution in [3.63, 3.8) is 0 Å². The maximum absolute atomic E-state index is 13.9. The Morgan fingerprint density at radius 3 is 2.51 bits per heavy atom. The second-order valence-electron chi connectivity index (χ2n) is 7.62. The van der Waals surface area contributed by atoms with E-state index in [0.29, 0.717) is 0 Å². The Hall–Kier alpha value is -3.41. The largest absolute Gasteiger partial charge is 0.485 e. The lowest BCUT2D eigenvalue weighted by Crippen LogP contribution is -2.41. The van der Waals surface area contributed by atoms with Gasteiger partial charge in [0.2, 0.25) is 0 Å². The molecule has 0 aliphatic carbocycles. The molecule has 0 saturated heterocycles. The normalized spacial score (nSPS) is 12.5. The third kappa shape index (κ3) is 6.38. The van der Waals surface area contributed by atoms with Crippen LogP contribution in [0, 0.1) is 18.6 Å². The van der Waals surface area contributed by atoms with E-state index < -0.39 is 61.6 Å². The second-order valence-corrected chi connectivity index (χ2v) is 8.06. The van der Waals surface area contributed by atoms with Crippen molar-refractivity contribution in [3.05, 3.63) is 64.1 Å². The summed E-state index contributed by atoms with van der Waals surface area (Å²) in [4.78, 5) is 28.6. The van der Waals surface area contributed by atoms with Gasteiger partial charge in [-0.05, 0) is 31.9 Å². The van der Waals surface area contributed by atoms with E-state index in [9.17, 15) is 36.6 Å². The molecular weight excluding hydrogens is 501 g/mol. The molecule has 3 aromatic rings. The summed E-state index contributed by atoms with van der Waals surface area (Å²) in [7, 11) is 0. The number of rotatable bonds is 9. The highest BCUT2D eigenvalue weighted by Gasteiger charge is 2.29. The smallest absolute Gasteiger partial charge is 0.389 e. The number of amides is 1. The number of nitrogens with one attached hydrogen (secondary N) is 1. The second kappa shape index (κ2) is 10.5. The minimum atomic E-state index is -4.45. The van der Waals surface area contributed by atoms with Crippen molar-refractivity contribution in [3.8, 4) is 5.75 Å². The zero-order valence-corrected chi connectivity index (χ0v) is 18.9. The molecule has 0 radical (unpaired) electrons. The number of fused-ring (bicyclic) bond motifs is 1. The highest BCUT2D eigenvalue weighted by atomic mass is 35.5. The SMILES string of the molecule is Cc1nc2c(OCc3c(F)cccc3F)cc(Cl)cn2c1C(=O)N[C@@H](CCCC(F)(F)F)C(=O)O. The van der Waals surface area contributed by atoms with Crippen molar-refractivity contribution < 1.29 is 41.4 Å². The number of carboxylic acid groups (broad SMARTS) is 1. The van der Waals surface area contributed by atoms with Crippen LogP contribution in [0.25, 0.3) is 5.65 Å². The number of alkyl halides is 3. The molecule has 0 aliphatic heterocycles. The number of carbonyl (C=O) groups is 2. The highest BCUT2D eigenvalue weighted by Crippen LogP contribution is 2.28. The summed E-state index contributed by atoms with van der Waals surface area (Å²) in [6.45, 7) is 0.928. The topological polar surface area (TPSA) is 92.9 Å². The first-order valence-electron chi connectivity index (χ1n) is 10.2. The predicted octanol–water partition coefficient (Wildman–Crippen LogP) is 5.07. The van der Waals surface area contributed by atoms with Crippen LogP contribution in [0.15, 0.2) is 30.5 Å². The maximum atomic E-state index is 13.9. The number of halogens is 6. The summed E-state index contributed by atoms with van der Waals surface area (Å²) < 4.78 is 71.8. The number of hydrogen-bond acceptors (Lipinski definition) is 4.